The molecule has 0 aliphatic rings. The number of alkyl halides is 1. The van der Waals surface area contributed by atoms with Crippen LogP contribution in [0.4, 0.5) is 0 Å². The number of carbonyl (C=O) groups is 2. The number of nitrogens with one attached hydrogen (secondary N) is 1. The molecule has 0 aromatic heterocycles. The van der Waals surface area contributed by atoms with Gasteiger partial charge in [0.05, 0.1) is 12.5 Å². The third kappa shape index (κ3) is 4.07. The summed E-state index contributed by atoms with van der Waals surface area (Å²) in [7, 11) is 0. The number of halogens is 1. The van der Waals surface area contributed by atoms with Gasteiger partial charge in [-0.05, 0) is 19.1 Å². The predicted octanol–water partition coefficient (Wildman–Crippen LogP) is 1.59. The summed E-state index contributed by atoms with van der Waals surface area (Å²) in [6.45, 7) is 1.95. The van der Waals surface area contributed by atoms with Crippen molar-refractivity contribution in [3.05, 3.63) is 35.9 Å². The van der Waals surface area contributed by atoms with Crippen molar-refractivity contribution in [3.8, 4) is 0 Å². The molecule has 5 heteroatoms. The van der Waals surface area contributed by atoms with E-state index in [0.717, 1.165) is 0 Å². The molecule has 0 saturated heterocycles. The molecular formula is C12H14ClNO3. The molecule has 1 aromatic rings. The van der Waals surface area contributed by atoms with Gasteiger partial charge in [0.25, 0.3) is 5.91 Å². The number of esters is 1. The Morgan fingerprint density at radius 1 is 1.35 bits per heavy atom. The van der Waals surface area contributed by atoms with Crippen LogP contribution in [0.25, 0.3) is 0 Å². The summed E-state index contributed by atoms with van der Waals surface area (Å²) in [5.74, 6) is -0.881. The molecule has 92 valence electrons. The Morgan fingerprint density at radius 3 is 2.53 bits per heavy atom. The van der Waals surface area contributed by atoms with E-state index in [4.69, 9.17) is 16.3 Å². The molecule has 0 aliphatic carbocycles. The molecule has 0 bridgehead atoms. The van der Waals surface area contributed by atoms with Gasteiger partial charge in [-0.3, -0.25) is 4.79 Å². The first kappa shape index (κ1) is 13.5. The van der Waals surface area contributed by atoms with Gasteiger partial charge in [0, 0.05) is 5.56 Å². The van der Waals surface area contributed by atoms with Crippen molar-refractivity contribution < 1.29 is 14.3 Å². The van der Waals surface area contributed by atoms with Crippen molar-refractivity contribution >= 4 is 23.5 Å². The summed E-state index contributed by atoms with van der Waals surface area (Å²) < 4.78 is 4.79. The molecule has 0 fully saturated rings. The minimum absolute atomic E-state index is 0.0165. The largest absolute Gasteiger partial charge is 0.464 e. The fraction of sp³-hybridized carbons (Fsp3) is 0.333. The van der Waals surface area contributed by atoms with E-state index in [0.29, 0.717) is 5.56 Å². The zero-order chi connectivity index (χ0) is 12.7. The Bertz CT molecular complexity index is 381. The molecule has 0 saturated carbocycles. The standard InChI is InChI=1S/C12H14ClNO3/c1-2-17-12(16)10(8-13)14-11(15)9-6-4-3-5-7-9/h3-7,10H,2,8H2,1H3,(H,14,15). The van der Waals surface area contributed by atoms with E-state index in [2.05, 4.69) is 5.32 Å². The topological polar surface area (TPSA) is 55.4 Å². The fourth-order valence-electron chi connectivity index (χ4n) is 1.23. The third-order valence-corrected chi connectivity index (χ3v) is 2.38. The van der Waals surface area contributed by atoms with E-state index in [1.54, 1.807) is 37.3 Å². The molecule has 17 heavy (non-hydrogen) atoms. The number of carbonyl (C=O) groups excluding carboxylic acids is 2. The van der Waals surface area contributed by atoms with E-state index < -0.39 is 12.0 Å². The molecule has 1 amide bonds. The van der Waals surface area contributed by atoms with Crippen molar-refractivity contribution in [2.45, 2.75) is 13.0 Å². The van der Waals surface area contributed by atoms with Gasteiger partial charge in [-0.15, -0.1) is 11.6 Å². The van der Waals surface area contributed by atoms with Gasteiger partial charge >= 0.3 is 5.97 Å². The van der Waals surface area contributed by atoms with Gasteiger partial charge in [-0.25, -0.2) is 4.79 Å². The van der Waals surface area contributed by atoms with Crippen molar-refractivity contribution in [3.63, 3.8) is 0 Å². The van der Waals surface area contributed by atoms with Crippen molar-refractivity contribution in [2.75, 3.05) is 12.5 Å². The maximum absolute atomic E-state index is 11.7. The Morgan fingerprint density at radius 2 is 2.00 bits per heavy atom. The highest BCUT2D eigenvalue weighted by Crippen LogP contribution is 2.00. The zero-order valence-electron chi connectivity index (χ0n) is 9.48. The molecule has 4 nitrogen and oxygen atoms in total. The highest BCUT2D eigenvalue weighted by Gasteiger charge is 2.21. The lowest BCUT2D eigenvalue weighted by Crippen LogP contribution is -2.43. The maximum Gasteiger partial charge on any atom is 0.329 e. The van der Waals surface area contributed by atoms with Gasteiger partial charge in [-0.2, -0.15) is 0 Å². The Kier molecular flexibility index (Phi) is 5.49. The first-order valence-corrected chi connectivity index (χ1v) is 5.81. The Labute approximate surface area is 105 Å². The Balaban J connectivity index is 2.63. The van der Waals surface area contributed by atoms with E-state index in [9.17, 15) is 9.59 Å². The lowest BCUT2D eigenvalue weighted by atomic mass is 10.2. The van der Waals surface area contributed by atoms with Crippen LogP contribution in [-0.4, -0.2) is 30.4 Å². The molecule has 0 spiro atoms. The van der Waals surface area contributed by atoms with Crippen molar-refractivity contribution in [1.82, 2.24) is 5.32 Å². The summed E-state index contributed by atoms with van der Waals surface area (Å²) in [5, 5.41) is 2.52. The zero-order valence-corrected chi connectivity index (χ0v) is 10.2. The maximum atomic E-state index is 11.7. The molecule has 1 unspecified atom stereocenters. The highest BCUT2D eigenvalue weighted by molar-refractivity contribution is 6.20. The van der Waals surface area contributed by atoms with E-state index in [-0.39, 0.29) is 18.4 Å². The second-order valence-electron chi connectivity index (χ2n) is 3.30. The number of benzene rings is 1. The lowest BCUT2D eigenvalue weighted by molar-refractivity contribution is -0.144. The molecule has 1 rings (SSSR count). The van der Waals surface area contributed by atoms with Crippen LogP contribution < -0.4 is 5.32 Å². The average Bonchev–Trinajstić information content (AvgIpc) is 2.37. The summed E-state index contributed by atoms with van der Waals surface area (Å²) in [6.07, 6.45) is 0. The lowest BCUT2D eigenvalue weighted by Gasteiger charge is -2.14. The van der Waals surface area contributed by atoms with Gasteiger partial charge < -0.3 is 10.1 Å². The second-order valence-corrected chi connectivity index (χ2v) is 3.61. The Hall–Kier alpha value is -1.55. The average molecular weight is 256 g/mol. The number of amides is 1. The van der Waals surface area contributed by atoms with Crippen LogP contribution in [0.2, 0.25) is 0 Å². The summed E-state index contributed by atoms with van der Waals surface area (Å²) in [6, 6.07) is 7.80. The predicted molar refractivity (Wildman–Crippen MR) is 65.0 cm³/mol. The van der Waals surface area contributed by atoms with Crippen LogP contribution in [0.1, 0.15) is 17.3 Å². The first-order valence-electron chi connectivity index (χ1n) is 5.27. The molecule has 0 aliphatic heterocycles. The molecule has 1 N–H and O–H groups in total. The van der Waals surface area contributed by atoms with Crippen LogP contribution in [0.5, 0.6) is 0 Å². The molecule has 1 aromatic carbocycles. The summed E-state index contributed by atoms with van der Waals surface area (Å²) >= 11 is 5.61. The smallest absolute Gasteiger partial charge is 0.329 e. The second kappa shape index (κ2) is 6.91. The molecule has 0 heterocycles. The van der Waals surface area contributed by atoms with E-state index in [1.165, 1.54) is 0 Å². The third-order valence-electron chi connectivity index (χ3n) is 2.07. The minimum atomic E-state index is -0.815. The number of rotatable bonds is 5. The first-order chi connectivity index (χ1) is 8.19. The molecule has 0 radical (unpaired) electrons. The van der Waals surface area contributed by atoms with Gasteiger partial charge in [0.1, 0.15) is 6.04 Å². The number of ether oxygens (including phenoxy) is 1. The number of hydrogen-bond acceptors (Lipinski definition) is 3. The minimum Gasteiger partial charge on any atom is -0.464 e. The normalized spacial score (nSPS) is 11.6. The quantitative estimate of drug-likeness (QED) is 0.642. The fourth-order valence-corrected chi connectivity index (χ4v) is 1.44. The summed E-state index contributed by atoms with van der Waals surface area (Å²) in [4.78, 5) is 23.2. The van der Waals surface area contributed by atoms with Crippen LogP contribution >= 0.6 is 11.6 Å². The monoisotopic (exact) mass is 255 g/mol. The SMILES string of the molecule is CCOC(=O)C(CCl)NC(=O)c1ccccc1. The number of hydrogen-bond donors (Lipinski definition) is 1. The van der Waals surface area contributed by atoms with Crippen LogP contribution in [0.15, 0.2) is 30.3 Å². The van der Waals surface area contributed by atoms with Crippen LogP contribution in [0, 0.1) is 0 Å². The van der Waals surface area contributed by atoms with Crippen molar-refractivity contribution in [1.29, 1.82) is 0 Å². The van der Waals surface area contributed by atoms with Gasteiger partial charge in [-0.1, -0.05) is 18.2 Å². The van der Waals surface area contributed by atoms with Gasteiger partial charge in [0.2, 0.25) is 0 Å². The van der Waals surface area contributed by atoms with E-state index >= 15 is 0 Å². The van der Waals surface area contributed by atoms with Gasteiger partial charge in [0.15, 0.2) is 0 Å². The van der Waals surface area contributed by atoms with Crippen molar-refractivity contribution in [2.24, 2.45) is 0 Å². The van der Waals surface area contributed by atoms with E-state index in [1.807, 2.05) is 0 Å². The molecule has 1 atom stereocenters. The van der Waals surface area contributed by atoms with Crippen LogP contribution in [-0.2, 0) is 9.53 Å². The summed E-state index contributed by atoms with van der Waals surface area (Å²) in [5.41, 5.74) is 0.479. The van der Waals surface area contributed by atoms with Crippen LogP contribution in [0.3, 0.4) is 0 Å². The highest BCUT2D eigenvalue weighted by atomic mass is 35.5. The molecular weight excluding hydrogens is 242 g/mol.